The summed E-state index contributed by atoms with van der Waals surface area (Å²) in [5.74, 6) is -0.164. The first kappa shape index (κ1) is 34.3. The summed E-state index contributed by atoms with van der Waals surface area (Å²) in [6.07, 6.45) is 10.1. The molecule has 3 aliphatic rings. The van der Waals surface area contributed by atoms with E-state index in [0.29, 0.717) is 32.2 Å². The van der Waals surface area contributed by atoms with Gasteiger partial charge in [0.15, 0.2) is 0 Å². The second-order valence-corrected chi connectivity index (χ2v) is 14.9. The number of amides is 2. The highest BCUT2D eigenvalue weighted by molar-refractivity contribution is 7.19. The third kappa shape index (κ3) is 8.54. The topological polar surface area (TPSA) is 102 Å². The molecule has 2 aromatic heterocycles. The van der Waals surface area contributed by atoms with Crippen LogP contribution in [0.15, 0.2) is 59.9 Å². The maximum absolute atomic E-state index is 14.3. The highest BCUT2D eigenvalue weighted by Crippen LogP contribution is 2.31. The van der Waals surface area contributed by atoms with Gasteiger partial charge in [0.05, 0.1) is 25.2 Å². The molecule has 2 N–H and O–H groups in total. The summed E-state index contributed by atoms with van der Waals surface area (Å²) in [5, 5.41) is 7.77. The molecule has 11 heteroatoms. The van der Waals surface area contributed by atoms with Crippen molar-refractivity contribution in [2.45, 2.75) is 96.1 Å². The van der Waals surface area contributed by atoms with Gasteiger partial charge in [-0.1, -0.05) is 57.0 Å². The monoisotopic (exact) mass is 673 g/mol. The van der Waals surface area contributed by atoms with Crippen LogP contribution in [-0.4, -0.2) is 101 Å². The van der Waals surface area contributed by atoms with Gasteiger partial charge in [-0.3, -0.25) is 14.6 Å². The van der Waals surface area contributed by atoms with E-state index < -0.39 is 6.04 Å². The highest BCUT2D eigenvalue weighted by Gasteiger charge is 2.41. The van der Waals surface area contributed by atoms with Crippen molar-refractivity contribution < 1.29 is 14.3 Å². The molecular weight excluding hydrogens is 623 g/mol. The first-order valence-electron chi connectivity index (χ1n) is 17.8. The summed E-state index contributed by atoms with van der Waals surface area (Å²) in [7, 11) is 0. The van der Waals surface area contributed by atoms with E-state index in [4.69, 9.17) is 9.73 Å². The summed E-state index contributed by atoms with van der Waals surface area (Å²) in [4.78, 5) is 44.9. The van der Waals surface area contributed by atoms with Crippen molar-refractivity contribution in [1.82, 2.24) is 30.3 Å². The van der Waals surface area contributed by atoms with E-state index in [1.165, 1.54) is 32.4 Å². The molecule has 0 saturated carbocycles. The van der Waals surface area contributed by atoms with Gasteiger partial charge in [-0.15, -0.1) is 11.3 Å². The molecule has 0 unspecified atom stereocenters. The van der Waals surface area contributed by atoms with Crippen LogP contribution >= 0.6 is 11.3 Å². The number of nitrogens with zero attached hydrogens (tertiary/aromatic N) is 5. The lowest BCUT2D eigenvalue weighted by molar-refractivity contribution is -0.145. The van der Waals surface area contributed by atoms with Gasteiger partial charge in [0, 0.05) is 46.5 Å². The van der Waals surface area contributed by atoms with E-state index in [9.17, 15) is 9.59 Å². The van der Waals surface area contributed by atoms with Crippen LogP contribution in [0.25, 0.3) is 10.1 Å². The van der Waals surface area contributed by atoms with Crippen LogP contribution in [-0.2, 0) is 20.9 Å². The summed E-state index contributed by atoms with van der Waals surface area (Å²) in [6.45, 7) is 11.4. The SMILES string of the molecule is CC(C)N[C@H](CCCCN1CCCCC1)C(=O)N1CCN(C2=N[C@@H](C)[C@H](c3ccccc3)O2)C[C@H]1C(=O)NCc1cc2cnccc2s1. The average Bonchev–Trinajstić information content (AvgIpc) is 3.72. The first-order valence-corrected chi connectivity index (χ1v) is 18.6. The summed E-state index contributed by atoms with van der Waals surface area (Å²) in [5.41, 5.74) is 1.08. The Balaban J connectivity index is 1.15. The maximum atomic E-state index is 14.3. The number of aliphatic imine (C=N–C) groups is 1. The zero-order valence-corrected chi connectivity index (χ0v) is 29.5. The van der Waals surface area contributed by atoms with Crippen LogP contribution in [0.1, 0.15) is 75.8 Å². The number of pyridine rings is 1. The van der Waals surface area contributed by atoms with Crippen molar-refractivity contribution in [2.24, 2.45) is 4.99 Å². The fraction of sp³-hybridized carbons (Fsp3) is 0.568. The number of thiophene rings is 1. The van der Waals surface area contributed by atoms with E-state index in [0.717, 1.165) is 46.3 Å². The molecule has 258 valence electrons. The summed E-state index contributed by atoms with van der Waals surface area (Å²) >= 11 is 1.65. The van der Waals surface area contributed by atoms with Crippen molar-refractivity contribution in [3.63, 3.8) is 0 Å². The molecular formula is C37H51N7O3S. The lowest BCUT2D eigenvalue weighted by Crippen LogP contribution is -2.64. The van der Waals surface area contributed by atoms with Crippen LogP contribution < -0.4 is 10.6 Å². The van der Waals surface area contributed by atoms with Gasteiger partial charge in [0.2, 0.25) is 11.8 Å². The Labute approximate surface area is 288 Å². The molecule has 0 bridgehead atoms. The Morgan fingerprint density at radius 2 is 1.85 bits per heavy atom. The number of nitrogens with one attached hydrogen (secondary N) is 2. The number of piperazine rings is 1. The number of hydrogen-bond acceptors (Lipinski definition) is 9. The molecule has 6 rings (SSSR count). The van der Waals surface area contributed by atoms with E-state index in [-0.39, 0.29) is 36.0 Å². The number of piperidine rings is 1. The van der Waals surface area contributed by atoms with Crippen molar-refractivity contribution in [1.29, 1.82) is 0 Å². The van der Waals surface area contributed by atoms with Gasteiger partial charge >= 0.3 is 0 Å². The molecule has 0 radical (unpaired) electrons. The molecule has 2 saturated heterocycles. The number of fused-ring (bicyclic) bond motifs is 1. The molecule has 3 aliphatic heterocycles. The second kappa shape index (κ2) is 16.2. The molecule has 48 heavy (non-hydrogen) atoms. The molecule has 4 atom stereocenters. The summed E-state index contributed by atoms with van der Waals surface area (Å²) < 4.78 is 7.56. The number of aromatic nitrogens is 1. The normalized spacial score (nSPS) is 22.5. The number of hydrogen-bond donors (Lipinski definition) is 2. The molecule has 2 amide bonds. The number of likely N-dealkylation sites (tertiary alicyclic amines) is 1. The van der Waals surface area contributed by atoms with Crippen molar-refractivity contribution in [2.75, 3.05) is 39.3 Å². The highest BCUT2D eigenvalue weighted by atomic mass is 32.1. The third-order valence-corrected chi connectivity index (χ3v) is 10.8. The second-order valence-electron chi connectivity index (χ2n) is 13.7. The molecule has 10 nitrogen and oxygen atoms in total. The standard InChI is InChI=1S/C37H51N7O3S/c1-26(2)40-31(14-8-11-19-42-17-9-5-10-18-42)36(46)44-21-20-43(37-41-27(3)34(47-37)28-12-6-4-7-13-28)25-32(44)35(45)39-24-30-22-29-23-38-16-15-33(29)48-30/h4,6-7,12-13,15-16,22-23,26-27,31-32,34,40H,5,8-11,14,17-21,24-25H2,1-3H3,(H,39,45)/t27-,31+,32-,34+/m0/s1. The quantitative estimate of drug-likeness (QED) is 0.262. The van der Waals surface area contributed by atoms with Gasteiger partial charge in [0.25, 0.3) is 6.02 Å². The minimum absolute atomic E-state index is 0.000724. The van der Waals surface area contributed by atoms with Crippen molar-refractivity contribution in [3.8, 4) is 0 Å². The third-order valence-electron chi connectivity index (χ3n) is 9.65. The van der Waals surface area contributed by atoms with E-state index in [1.807, 2.05) is 35.4 Å². The fourth-order valence-electron chi connectivity index (χ4n) is 7.14. The van der Waals surface area contributed by atoms with E-state index >= 15 is 0 Å². The van der Waals surface area contributed by atoms with Gasteiger partial charge in [-0.05, 0) is 69.9 Å². The molecule has 2 fully saturated rings. The number of carbonyl (C=O) groups excluding carboxylic acids is 2. The Bertz CT molecular complexity index is 1510. The zero-order chi connectivity index (χ0) is 33.5. The van der Waals surface area contributed by atoms with Crippen LogP contribution in [0.2, 0.25) is 0 Å². The number of unbranched alkanes of at least 4 members (excludes halogenated alkanes) is 1. The number of carbonyl (C=O) groups is 2. The van der Waals surface area contributed by atoms with Crippen LogP contribution in [0.3, 0.4) is 0 Å². The van der Waals surface area contributed by atoms with Gasteiger partial charge in [-0.2, -0.15) is 0 Å². The van der Waals surface area contributed by atoms with Crippen LogP contribution in [0.4, 0.5) is 0 Å². The van der Waals surface area contributed by atoms with Crippen LogP contribution in [0, 0.1) is 0 Å². The Morgan fingerprint density at radius 1 is 1.04 bits per heavy atom. The average molecular weight is 674 g/mol. The maximum Gasteiger partial charge on any atom is 0.288 e. The molecule has 0 aliphatic carbocycles. The van der Waals surface area contributed by atoms with Gasteiger partial charge < -0.3 is 30.1 Å². The molecule has 0 spiro atoms. The Hall–Kier alpha value is -3.54. The Kier molecular flexibility index (Phi) is 11.6. The smallest absolute Gasteiger partial charge is 0.288 e. The Morgan fingerprint density at radius 3 is 2.62 bits per heavy atom. The van der Waals surface area contributed by atoms with Crippen molar-refractivity contribution in [3.05, 3.63) is 65.3 Å². The zero-order valence-electron chi connectivity index (χ0n) is 28.6. The van der Waals surface area contributed by atoms with Crippen molar-refractivity contribution >= 4 is 39.3 Å². The fourth-order valence-corrected chi connectivity index (χ4v) is 8.11. The molecule has 1 aromatic carbocycles. The number of ether oxygens (including phenoxy) is 1. The van der Waals surface area contributed by atoms with E-state index in [2.05, 4.69) is 59.5 Å². The predicted molar refractivity (Wildman–Crippen MR) is 192 cm³/mol. The molecule has 3 aromatic rings. The van der Waals surface area contributed by atoms with Gasteiger partial charge in [0.1, 0.15) is 12.1 Å². The number of benzene rings is 1. The number of amidine groups is 1. The van der Waals surface area contributed by atoms with Gasteiger partial charge in [-0.25, -0.2) is 4.99 Å². The predicted octanol–water partition coefficient (Wildman–Crippen LogP) is 4.96. The molecule has 5 heterocycles. The minimum Gasteiger partial charge on any atom is -0.455 e. The minimum atomic E-state index is -0.676. The summed E-state index contributed by atoms with van der Waals surface area (Å²) in [6, 6.07) is 13.8. The number of rotatable bonds is 12. The largest absolute Gasteiger partial charge is 0.455 e. The lowest BCUT2D eigenvalue weighted by atomic mass is 10.0. The lowest BCUT2D eigenvalue weighted by Gasteiger charge is -2.42. The first-order chi connectivity index (χ1) is 23.4. The van der Waals surface area contributed by atoms with Crippen LogP contribution in [0.5, 0.6) is 0 Å². The van der Waals surface area contributed by atoms with E-state index in [1.54, 1.807) is 22.4 Å².